The van der Waals surface area contributed by atoms with Crippen LogP contribution in [0.1, 0.15) is 24.1 Å². The Morgan fingerprint density at radius 3 is 2.57 bits per heavy atom. The average molecular weight is 378 g/mol. The molecular weight excluding hydrogens is 356 g/mol. The highest BCUT2D eigenvalue weighted by molar-refractivity contribution is 9.10. The molecule has 1 atom stereocenters. The monoisotopic (exact) mass is 377 g/mol. The molecule has 122 valence electrons. The largest absolute Gasteiger partial charge is 0.496 e. The molecule has 23 heavy (non-hydrogen) atoms. The summed E-state index contributed by atoms with van der Waals surface area (Å²) in [5.41, 5.74) is 3.14. The molecule has 1 amide bonds. The van der Waals surface area contributed by atoms with Gasteiger partial charge in [0, 0.05) is 11.3 Å². The number of quaternary nitrogens is 1. The van der Waals surface area contributed by atoms with E-state index in [0.717, 1.165) is 21.5 Å². The van der Waals surface area contributed by atoms with Gasteiger partial charge in [-0.25, -0.2) is 0 Å². The molecule has 3 N–H and O–H groups in total. The summed E-state index contributed by atoms with van der Waals surface area (Å²) in [6, 6.07) is 13.9. The predicted molar refractivity (Wildman–Crippen MR) is 95.7 cm³/mol. The number of amides is 1. The van der Waals surface area contributed by atoms with Gasteiger partial charge in [0.2, 0.25) is 0 Å². The van der Waals surface area contributed by atoms with Gasteiger partial charge in [-0.15, -0.1) is 0 Å². The summed E-state index contributed by atoms with van der Waals surface area (Å²) in [5.74, 6) is 0.798. The third kappa shape index (κ3) is 5.08. The lowest BCUT2D eigenvalue weighted by Crippen LogP contribution is -2.86. The van der Waals surface area contributed by atoms with E-state index in [1.165, 1.54) is 5.56 Å². The predicted octanol–water partition coefficient (Wildman–Crippen LogP) is 3.03. The van der Waals surface area contributed by atoms with Crippen LogP contribution in [0.2, 0.25) is 0 Å². The zero-order valence-corrected chi connectivity index (χ0v) is 15.2. The van der Waals surface area contributed by atoms with E-state index in [9.17, 15) is 4.79 Å². The maximum absolute atomic E-state index is 12.0. The van der Waals surface area contributed by atoms with Crippen LogP contribution in [0.4, 0.5) is 5.69 Å². The molecule has 0 bridgehead atoms. The Morgan fingerprint density at radius 1 is 1.26 bits per heavy atom. The van der Waals surface area contributed by atoms with E-state index in [2.05, 4.69) is 28.2 Å². The van der Waals surface area contributed by atoms with E-state index < -0.39 is 0 Å². The number of aryl methyl sites for hydroxylation is 1. The second-order valence-corrected chi connectivity index (χ2v) is 6.39. The standard InChI is InChI=1S/C18H21BrN2O2/c1-12-4-7-15(8-5-12)21-18(22)11-20-13(2)14-6-9-17(23-3)16(19)10-14/h4-10,13,20H,11H2,1-3H3,(H,21,22)/p+1/t13-/m0/s1. The number of nitrogens with one attached hydrogen (secondary N) is 1. The number of benzene rings is 2. The molecule has 0 spiro atoms. The smallest absolute Gasteiger partial charge is 0.279 e. The van der Waals surface area contributed by atoms with Crippen LogP contribution in [0.3, 0.4) is 0 Å². The first-order valence-electron chi connectivity index (χ1n) is 7.53. The Kier molecular flexibility index (Phi) is 6.19. The molecule has 0 saturated heterocycles. The molecule has 0 aliphatic heterocycles. The van der Waals surface area contributed by atoms with Crippen LogP contribution in [0.5, 0.6) is 5.75 Å². The lowest BCUT2D eigenvalue weighted by atomic mass is 10.1. The van der Waals surface area contributed by atoms with E-state index in [1.807, 2.05) is 54.7 Å². The van der Waals surface area contributed by atoms with Gasteiger partial charge in [0.25, 0.3) is 5.91 Å². The van der Waals surface area contributed by atoms with Crippen molar-refractivity contribution in [2.45, 2.75) is 19.9 Å². The normalized spacial score (nSPS) is 11.8. The van der Waals surface area contributed by atoms with Crippen molar-refractivity contribution in [3.8, 4) is 5.75 Å². The number of methoxy groups -OCH3 is 1. The zero-order chi connectivity index (χ0) is 16.8. The molecule has 0 radical (unpaired) electrons. The fourth-order valence-corrected chi connectivity index (χ4v) is 2.79. The molecule has 2 aromatic carbocycles. The summed E-state index contributed by atoms with van der Waals surface area (Å²) < 4.78 is 6.15. The summed E-state index contributed by atoms with van der Waals surface area (Å²) in [7, 11) is 1.64. The number of rotatable bonds is 6. The van der Waals surface area contributed by atoms with Crippen molar-refractivity contribution in [2.75, 3.05) is 19.0 Å². The topological polar surface area (TPSA) is 54.9 Å². The van der Waals surface area contributed by atoms with Crippen molar-refractivity contribution in [1.82, 2.24) is 0 Å². The van der Waals surface area contributed by atoms with Crippen molar-refractivity contribution in [2.24, 2.45) is 0 Å². The van der Waals surface area contributed by atoms with Gasteiger partial charge in [0.15, 0.2) is 6.54 Å². The van der Waals surface area contributed by atoms with Gasteiger partial charge in [0.05, 0.1) is 11.6 Å². The van der Waals surface area contributed by atoms with Crippen LogP contribution in [0.25, 0.3) is 0 Å². The quantitative estimate of drug-likeness (QED) is 0.812. The summed E-state index contributed by atoms with van der Waals surface area (Å²) in [5, 5.41) is 4.92. The average Bonchev–Trinajstić information content (AvgIpc) is 2.54. The number of hydrogen-bond acceptors (Lipinski definition) is 2. The van der Waals surface area contributed by atoms with Crippen LogP contribution >= 0.6 is 15.9 Å². The summed E-state index contributed by atoms with van der Waals surface area (Å²) in [6.07, 6.45) is 0. The third-order valence-corrected chi connectivity index (χ3v) is 4.31. The molecule has 2 rings (SSSR count). The lowest BCUT2D eigenvalue weighted by molar-refractivity contribution is -0.682. The van der Waals surface area contributed by atoms with Crippen LogP contribution < -0.4 is 15.4 Å². The Bertz CT molecular complexity index is 671. The number of carbonyl (C=O) groups is 1. The van der Waals surface area contributed by atoms with E-state index in [0.29, 0.717) is 6.54 Å². The second kappa shape index (κ2) is 8.13. The molecule has 0 aliphatic rings. The number of carbonyl (C=O) groups excluding carboxylic acids is 1. The van der Waals surface area contributed by atoms with Crippen LogP contribution in [0.15, 0.2) is 46.9 Å². The zero-order valence-electron chi connectivity index (χ0n) is 13.6. The van der Waals surface area contributed by atoms with Crippen molar-refractivity contribution >= 4 is 27.5 Å². The summed E-state index contributed by atoms with van der Waals surface area (Å²) >= 11 is 3.49. The highest BCUT2D eigenvalue weighted by Crippen LogP contribution is 2.27. The maximum Gasteiger partial charge on any atom is 0.279 e. The number of hydrogen-bond donors (Lipinski definition) is 2. The fraction of sp³-hybridized carbons (Fsp3) is 0.278. The molecule has 0 aromatic heterocycles. The van der Waals surface area contributed by atoms with Crippen molar-refractivity contribution in [3.05, 3.63) is 58.1 Å². The van der Waals surface area contributed by atoms with Gasteiger partial charge >= 0.3 is 0 Å². The van der Waals surface area contributed by atoms with Gasteiger partial charge in [-0.05, 0) is 60.1 Å². The van der Waals surface area contributed by atoms with Crippen LogP contribution in [-0.2, 0) is 4.79 Å². The Hall–Kier alpha value is -1.85. The molecular formula is C18H22BrN2O2+. The van der Waals surface area contributed by atoms with Gasteiger partial charge in [-0.1, -0.05) is 17.7 Å². The molecule has 0 heterocycles. The molecule has 4 nitrogen and oxygen atoms in total. The highest BCUT2D eigenvalue weighted by atomic mass is 79.9. The molecule has 0 unspecified atom stereocenters. The number of ether oxygens (including phenoxy) is 1. The van der Waals surface area contributed by atoms with Gasteiger partial charge < -0.3 is 15.4 Å². The molecule has 0 fully saturated rings. The SMILES string of the molecule is COc1ccc([C@H](C)[NH2+]CC(=O)Nc2ccc(C)cc2)cc1Br. The minimum absolute atomic E-state index is 0.00622. The Balaban J connectivity index is 1.88. The summed E-state index contributed by atoms with van der Waals surface area (Å²) in [4.78, 5) is 12.0. The van der Waals surface area contributed by atoms with E-state index in [-0.39, 0.29) is 11.9 Å². The minimum Gasteiger partial charge on any atom is -0.496 e. The first-order valence-corrected chi connectivity index (χ1v) is 8.32. The van der Waals surface area contributed by atoms with Crippen LogP contribution in [0, 0.1) is 6.92 Å². The third-order valence-electron chi connectivity index (χ3n) is 3.69. The minimum atomic E-state index is -0.00622. The van der Waals surface area contributed by atoms with Crippen molar-refractivity contribution < 1.29 is 14.8 Å². The van der Waals surface area contributed by atoms with Crippen LogP contribution in [-0.4, -0.2) is 19.6 Å². The van der Waals surface area contributed by atoms with Gasteiger partial charge in [0.1, 0.15) is 11.8 Å². The second-order valence-electron chi connectivity index (χ2n) is 5.54. The molecule has 5 heteroatoms. The van der Waals surface area contributed by atoms with E-state index in [1.54, 1.807) is 7.11 Å². The fourth-order valence-electron chi connectivity index (χ4n) is 2.23. The first-order chi connectivity index (χ1) is 11.0. The summed E-state index contributed by atoms with van der Waals surface area (Å²) in [6.45, 7) is 4.47. The number of halogens is 1. The number of nitrogens with two attached hydrogens (primary N) is 1. The maximum atomic E-state index is 12.0. The van der Waals surface area contributed by atoms with E-state index in [4.69, 9.17) is 4.74 Å². The Morgan fingerprint density at radius 2 is 1.96 bits per heavy atom. The molecule has 0 aliphatic carbocycles. The van der Waals surface area contributed by atoms with Gasteiger partial charge in [-0.3, -0.25) is 4.79 Å². The number of anilines is 1. The Labute approximate surface area is 145 Å². The molecule has 2 aromatic rings. The highest BCUT2D eigenvalue weighted by Gasteiger charge is 2.13. The van der Waals surface area contributed by atoms with Gasteiger partial charge in [-0.2, -0.15) is 0 Å². The first kappa shape index (κ1) is 17.5. The lowest BCUT2D eigenvalue weighted by Gasteiger charge is -2.13. The van der Waals surface area contributed by atoms with Crippen molar-refractivity contribution in [3.63, 3.8) is 0 Å². The van der Waals surface area contributed by atoms with E-state index >= 15 is 0 Å². The van der Waals surface area contributed by atoms with Crippen molar-refractivity contribution in [1.29, 1.82) is 0 Å². The molecule has 0 saturated carbocycles.